The molecule has 0 spiro atoms. The number of ether oxygens (including phenoxy) is 5. The summed E-state index contributed by atoms with van der Waals surface area (Å²) >= 11 is 0. The Morgan fingerprint density at radius 2 is 1.72 bits per heavy atom. The number of carbonyl (C=O) groups excluding carboxylic acids is 1. The maximum atomic E-state index is 12.4. The monoisotopic (exact) mass is 342 g/mol. The molecule has 25 heavy (non-hydrogen) atoms. The summed E-state index contributed by atoms with van der Waals surface area (Å²) in [5.74, 6) is 2.66. The van der Waals surface area contributed by atoms with Crippen molar-refractivity contribution in [1.29, 1.82) is 0 Å². The third-order valence-electron chi connectivity index (χ3n) is 3.78. The molecular weight excluding hydrogens is 324 g/mol. The smallest absolute Gasteiger partial charge is 0.231 e. The zero-order valence-corrected chi connectivity index (χ0v) is 14.2. The molecule has 6 heteroatoms. The summed E-state index contributed by atoms with van der Waals surface area (Å²) < 4.78 is 26.4. The molecule has 0 radical (unpaired) electrons. The molecule has 0 saturated carbocycles. The maximum Gasteiger partial charge on any atom is 0.231 e. The lowest BCUT2D eigenvalue weighted by Crippen LogP contribution is -1.97. The van der Waals surface area contributed by atoms with Crippen molar-refractivity contribution in [2.24, 2.45) is 0 Å². The van der Waals surface area contributed by atoms with Crippen molar-refractivity contribution < 1.29 is 28.5 Å². The van der Waals surface area contributed by atoms with Crippen LogP contribution in [0.5, 0.6) is 28.7 Å². The zero-order chi connectivity index (χ0) is 17.8. The van der Waals surface area contributed by atoms with E-state index in [9.17, 15) is 4.79 Å². The van der Waals surface area contributed by atoms with Crippen LogP contribution in [0, 0.1) is 0 Å². The predicted octanol–water partition coefficient (Wildman–Crippen LogP) is 3.34. The van der Waals surface area contributed by atoms with Crippen LogP contribution >= 0.6 is 0 Å². The Morgan fingerprint density at radius 3 is 2.44 bits per heavy atom. The first-order valence-electron chi connectivity index (χ1n) is 7.58. The highest BCUT2D eigenvalue weighted by atomic mass is 16.7. The Hall–Kier alpha value is -3.15. The van der Waals surface area contributed by atoms with Crippen molar-refractivity contribution in [3.63, 3.8) is 0 Å². The van der Waals surface area contributed by atoms with Gasteiger partial charge in [0, 0.05) is 5.56 Å². The van der Waals surface area contributed by atoms with E-state index in [1.54, 1.807) is 50.6 Å². The van der Waals surface area contributed by atoms with Gasteiger partial charge in [0.15, 0.2) is 28.8 Å². The molecule has 0 N–H and O–H groups in total. The second kappa shape index (κ2) is 7.17. The molecule has 0 aromatic heterocycles. The molecule has 3 rings (SSSR count). The molecule has 0 bridgehead atoms. The van der Waals surface area contributed by atoms with Crippen LogP contribution in [0.25, 0.3) is 6.08 Å². The van der Waals surface area contributed by atoms with E-state index in [4.69, 9.17) is 23.7 Å². The second-order valence-electron chi connectivity index (χ2n) is 5.22. The third kappa shape index (κ3) is 3.38. The fourth-order valence-electron chi connectivity index (χ4n) is 2.50. The second-order valence-corrected chi connectivity index (χ2v) is 5.22. The first kappa shape index (κ1) is 16.7. The van der Waals surface area contributed by atoms with Gasteiger partial charge in [-0.2, -0.15) is 0 Å². The molecular formula is C19H18O6. The van der Waals surface area contributed by atoms with Gasteiger partial charge < -0.3 is 23.7 Å². The first-order valence-corrected chi connectivity index (χ1v) is 7.58. The normalized spacial score (nSPS) is 12.3. The van der Waals surface area contributed by atoms with E-state index >= 15 is 0 Å². The van der Waals surface area contributed by atoms with Crippen molar-refractivity contribution in [2.45, 2.75) is 0 Å². The summed E-state index contributed by atoms with van der Waals surface area (Å²) in [5, 5.41) is 0. The average Bonchev–Trinajstić information content (AvgIpc) is 3.13. The number of methoxy groups -OCH3 is 3. The van der Waals surface area contributed by atoms with E-state index in [-0.39, 0.29) is 12.6 Å². The van der Waals surface area contributed by atoms with E-state index in [0.717, 1.165) is 5.56 Å². The van der Waals surface area contributed by atoms with Gasteiger partial charge in [0.25, 0.3) is 0 Å². The number of ketones is 1. The van der Waals surface area contributed by atoms with Crippen LogP contribution in [0.3, 0.4) is 0 Å². The molecule has 130 valence electrons. The van der Waals surface area contributed by atoms with Gasteiger partial charge in [-0.15, -0.1) is 0 Å². The Bertz CT molecular complexity index is 825. The van der Waals surface area contributed by atoms with Crippen LogP contribution in [0.4, 0.5) is 0 Å². The first-order chi connectivity index (χ1) is 12.2. The average molecular weight is 342 g/mol. The molecule has 0 atom stereocenters. The summed E-state index contributed by atoms with van der Waals surface area (Å²) in [6, 6.07) is 8.61. The number of fused-ring (bicyclic) bond motifs is 1. The summed E-state index contributed by atoms with van der Waals surface area (Å²) in [7, 11) is 4.63. The van der Waals surface area contributed by atoms with Gasteiger partial charge in [0.1, 0.15) is 0 Å². The minimum absolute atomic E-state index is 0.155. The summed E-state index contributed by atoms with van der Waals surface area (Å²) in [4.78, 5) is 12.4. The van der Waals surface area contributed by atoms with E-state index in [2.05, 4.69) is 0 Å². The van der Waals surface area contributed by atoms with Gasteiger partial charge in [-0.05, 0) is 42.0 Å². The van der Waals surface area contributed by atoms with Gasteiger partial charge in [0.05, 0.1) is 21.3 Å². The highest BCUT2D eigenvalue weighted by Crippen LogP contribution is 2.42. The molecule has 0 aliphatic carbocycles. The summed E-state index contributed by atoms with van der Waals surface area (Å²) in [5.41, 5.74) is 1.27. The van der Waals surface area contributed by atoms with E-state index in [1.165, 1.54) is 13.2 Å². The van der Waals surface area contributed by atoms with Gasteiger partial charge >= 0.3 is 0 Å². The van der Waals surface area contributed by atoms with Crippen molar-refractivity contribution in [3.05, 3.63) is 47.5 Å². The number of carbonyl (C=O) groups is 1. The van der Waals surface area contributed by atoms with Crippen molar-refractivity contribution in [3.8, 4) is 28.7 Å². The summed E-state index contributed by atoms with van der Waals surface area (Å²) in [6.07, 6.45) is 3.18. The van der Waals surface area contributed by atoms with Crippen LogP contribution in [-0.4, -0.2) is 33.9 Å². The predicted molar refractivity (Wildman–Crippen MR) is 92.0 cm³/mol. The lowest BCUT2D eigenvalue weighted by atomic mass is 10.1. The number of benzene rings is 2. The van der Waals surface area contributed by atoms with Gasteiger partial charge in [-0.25, -0.2) is 0 Å². The van der Waals surface area contributed by atoms with E-state index < -0.39 is 0 Å². The Kier molecular flexibility index (Phi) is 4.79. The molecule has 1 heterocycles. The number of rotatable bonds is 6. The fraction of sp³-hybridized carbons (Fsp3) is 0.211. The third-order valence-corrected chi connectivity index (χ3v) is 3.78. The van der Waals surface area contributed by atoms with Gasteiger partial charge in [-0.1, -0.05) is 6.08 Å². The number of hydrogen-bond acceptors (Lipinski definition) is 6. The molecule has 0 unspecified atom stereocenters. The molecule has 6 nitrogen and oxygen atoms in total. The molecule has 2 aromatic rings. The minimum atomic E-state index is -0.155. The van der Waals surface area contributed by atoms with Crippen molar-refractivity contribution in [1.82, 2.24) is 0 Å². The Balaban J connectivity index is 1.84. The molecule has 0 saturated heterocycles. The van der Waals surface area contributed by atoms with Gasteiger partial charge in [0.2, 0.25) is 12.5 Å². The van der Waals surface area contributed by atoms with E-state index in [0.29, 0.717) is 34.3 Å². The number of hydrogen-bond donors (Lipinski definition) is 0. The van der Waals surface area contributed by atoms with Gasteiger partial charge in [-0.3, -0.25) is 4.79 Å². The SMILES string of the molecule is COc1ccc(C(=O)/C=C/c2cc(OC)c3c(c2)OCO3)cc1OC. The molecule has 2 aromatic carbocycles. The standard InChI is InChI=1S/C19H18O6/c1-21-15-7-5-13(10-16(15)22-2)14(20)6-4-12-8-17(23-3)19-18(9-12)24-11-25-19/h4-10H,11H2,1-3H3/b6-4+. The number of allylic oxidation sites excluding steroid dienone is 1. The van der Waals surface area contributed by atoms with Crippen LogP contribution in [-0.2, 0) is 0 Å². The molecule has 0 fully saturated rings. The summed E-state index contributed by atoms with van der Waals surface area (Å²) in [6.45, 7) is 0.156. The minimum Gasteiger partial charge on any atom is -0.493 e. The highest BCUT2D eigenvalue weighted by Gasteiger charge is 2.19. The Morgan fingerprint density at radius 1 is 0.960 bits per heavy atom. The highest BCUT2D eigenvalue weighted by molar-refractivity contribution is 6.07. The van der Waals surface area contributed by atoms with Crippen LogP contribution in [0.2, 0.25) is 0 Å². The molecule has 0 amide bonds. The van der Waals surface area contributed by atoms with Crippen LogP contribution < -0.4 is 23.7 Å². The lowest BCUT2D eigenvalue weighted by Gasteiger charge is -2.08. The maximum absolute atomic E-state index is 12.4. The van der Waals surface area contributed by atoms with E-state index in [1.807, 2.05) is 0 Å². The Labute approximate surface area is 145 Å². The molecule has 1 aliphatic rings. The molecule has 1 aliphatic heterocycles. The van der Waals surface area contributed by atoms with Crippen LogP contribution in [0.15, 0.2) is 36.4 Å². The zero-order valence-electron chi connectivity index (χ0n) is 14.2. The fourth-order valence-corrected chi connectivity index (χ4v) is 2.50. The van der Waals surface area contributed by atoms with Crippen LogP contribution in [0.1, 0.15) is 15.9 Å². The lowest BCUT2D eigenvalue weighted by molar-refractivity contribution is 0.104. The topological polar surface area (TPSA) is 63.2 Å². The quantitative estimate of drug-likeness (QED) is 0.593. The largest absolute Gasteiger partial charge is 0.493 e. The van der Waals surface area contributed by atoms with Crippen molar-refractivity contribution >= 4 is 11.9 Å². The van der Waals surface area contributed by atoms with Crippen molar-refractivity contribution in [2.75, 3.05) is 28.1 Å².